The molecule has 6 heteroatoms. The van der Waals surface area contributed by atoms with Crippen LogP contribution in [0, 0.1) is 5.92 Å². The van der Waals surface area contributed by atoms with Gasteiger partial charge in [0, 0.05) is 24.0 Å². The van der Waals surface area contributed by atoms with E-state index in [4.69, 9.17) is 9.52 Å². The van der Waals surface area contributed by atoms with Crippen molar-refractivity contribution in [1.82, 2.24) is 14.5 Å². The lowest BCUT2D eigenvalue weighted by Crippen LogP contribution is -2.23. The standard InChI is InChI=1S/C19H19N3O3/c23-19(24)14-6-8-15(9-7-14)22-11-10-20-17(22)16-12-25-18(21-16)13-4-2-1-3-5-13/h1-5,10-12,14-15H,6-9H2,(H,23,24). The summed E-state index contributed by atoms with van der Waals surface area (Å²) in [6, 6.07) is 10.0. The molecule has 6 nitrogen and oxygen atoms in total. The summed E-state index contributed by atoms with van der Waals surface area (Å²) < 4.78 is 7.73. The van der Waals surface area contributed by atoms with Crippen molar-refractivity contribution in [2.75, 3.05) is 0 Å². The number of hydrogen-bond donors (Lipinski definition) is 1. The molecule has 0 spiro atoms. The third-order valence-electron chi connectivity index (χ3n) is 4.86. The van der Waals surface area contributed by atoms with E-state index in [9.17, 15) is 4.79 Å². The van der Waals surface area contributed by atoms with Gasteiger partial charge in [0.05, 0.1) is 5.92 Å². The molecule has 4 rings (SSSR count). The predicted octanol–water partition coefficient (Wildman–Crippen LogP) is 4.02. The molecule has 0 amide bonds. The number of nitrogens with zero attached hydrogens (tertiary/aromatic N) is 3. The highest BCUT2D eigenvalue weighted by Crippen LogP contribution is 2.35. The van der Waals surface area contributed by atoms with Gasteiger partial charge in [0.15, 0.2) is 5.82 Å². The van der Waals surface area contributed by atoms with Crippen LogP contribution in [0.25, 0.3) is 23.0 Å². The van der Waals surface area contributed by atoms with Crippen molar-refractivity contribution < 1.29 is 14.3 Å². The highest BCUT2D eigenvalue weighted by molar-refractivity contribution is 5.70. The minimum Gasteiger partial charge on any atom is -0.481 e. The van der Waals surface area contributed by atoms with Gasteiger partial charge >= 0.3 is 5.97 Å². The van der Waals surface area contributed by atoms with Crippen molar-refractivity contribution in [2.45, 2.75) is 31.7 Å². The van der Waals surface area contributed by atoms with Crippen LogP contribution in [0.1, 0.15) is 31.7 Å². The molecular weight excluding hydrogens is 318 g/mol. The largest absolute Gasteiger partial charge is 0.481 e. The number of rotatable bonds is 4. The van der Waals surface area contributed by atoms with Crippen LogP contribution in [-0.4, -0.2) is 25.6 Å². The summed E-state index contributed by atoms with van der Waals surface area (Å²) in [4.78, 5) is 20.2. The molecule has 0 saturated heterocycles. The molecule has 128 valence electrons. The minimum absolute atomic E-state index is 0.222. The molecule has 1 aliphatic rings. The van der Waals surface area contributed by atoms with Gasteiger partial charge in [-0.05, 0) is 37.8 Å². The third kappa shape index (κ3) is 3.07. The Balaban J connectivity index is 1.57. The monoisotopic (exact) mass is 337 g/mol. The van der Waals surface area contributed by atoms with E-state index in [1.54, 1.807) is 12.5 Å². The van der Waals surface area contributed by atoms with E-state index in [2.05, 4.69) is 14.5 Å². The first kappa shape index (κ1) is 15.6. The van der Waals surface area contributed by atoms with Gasteiger partial charge in [0.25, 0.3) is 0 Å². The van der Waals surface area contributed by atoms with Gasteiger partial charge in [-0.2, -0.15) is 0 Å². The lowest BCUT2D eigenvalue weighted by Gasteiger charge is -2.27. The summed E-state index contributed by atoms with van der Waals surface area (Å²) in [5.41, 5.74) is 1.62. The number of oxazole rings is 1. The van der Waals surface area contributed by atoms with Gasteiger partial charge in [0.2, 0.25) is 5.89 Å². The Hall–Kier alpha value is -2.89. The lowest BCUT2D eigenvalue weighted by atomic mass is 9.86. The van der Waals surface area contributed by atoms with Gasteiger partial charge in [-0.3, -0.25) is 4.79 Å². The zero-order valence-corrected chi connectivity index (χ0v) is 13.7. The highest BCUT2D eigenvalue weighted by atomic mass is 16.4. The molecular formula is C19H19N3O3. The normalized spacial score (nSPS) is 20.5. The average Bonchev–Trinajstić information content (AvgIpc) is 3.32. The smallest absolute Gasteiger partial charge is 0.306 e. The van der Waals surface area contributed by atoms with Crippen molar-refractivity contribution in [3.8, 4) is 23.0 Å². The summed E-state index contributed by atoms with van der Waals surface area (Å²) >= 11 is 0. The van der Waals surface area contributed by atoms with E-state index >= 15 is 0 Å². The Morgan fingerprint density at radius 1 is 1.16 bits per heavy atom. The van der Waals surface area contributed by atoms with E-state index < -0.39 is 5.97 Å². The van der Waals surface area contributed by atoms with Crippen LogP contribution < -0.4 is 0 Å². The highest BCUT2D eigenvalue weighted by Gasteiger charge is 2.28. The molecule has 0 atom stereocenters. The second-order valence-electron chi connectivity index (χ2n) is 6.41. The van der Waals surface area contributed by atoms with E-state index in [0.717, 1.165) is 24.2 Å². The Morgan fingerprint density at radius 2 is 1.92 bits per heavy atom. The fraction of sp³-hybridized carbons (Fsp3) is 0.316. The fourth-order valence-corrected chi connectivity index (χ4v) is 3.50. The molecule has 25 heavy (non-hydrogen) atoms. The molecule has 1 saturated carbocycles. The van der Waals surface area contributed by atoms with Gasteiger partial charge in [-0.1, -0.05) is 18.2 Å². The topological polar surface area (TPSA) is 81.1 Å². The van der Waals surface area contributed by atoms with Crippen LogP contribution in [0.4, 0.5) is 0 Å². The lowest BCUT2D eigenvalue weighted by molar-refractivity contribution is -0.143. The number of carboxylic acids is 1. The summed E-state index contributed by atoms with van der Waals surface area (Å²) in [5.74, 6) is 0.428. The number of benzene rings is 1. The van der Waals surface area contributed by atoms with Crippen molar-refractivity contribution in [2.24, 2.45) is 5.92 Å². The van der Waals surface area contributed by atoms with Gasteiger partial charge in [0.1, 0.15) is 12.0 Å². The van der Waals surface area contributed by atoms with Gasteiger partial charge < -0.3 is 14.1 Å². The summed E-state index contributed by atoms with van der Waals surface area (Å²) in [6.07, 6.45) is 8.41. The first-order valence-electron chi connectivity index (χ1n) is 8.49. The quantitative estimate of drug-likeness (QED) is 0.777. The van der Waals surface area contributed by atoms with Crippen LogP contribution in [0.3, 0.4) is 0 Å². The summed E-state index contributed by atoms with van der Waals surface area (Å²) in [7, 11) is 0. The third-order valence-corrected chi connectivity index (χ3v) is 4.86. The maximum Gasteiger partial charge on any atom is 0.306 e. The molecule has 0 bridgehead atoms. The maximum atomic E-state index is 11.1. The number of imidazole rings is 1. The Kier molecular flexibility index (Phi) is 4.09. The van der Waals surface area contributed by atoms with Crippen LogP contribution in [0.2, 0.25) is 0 Å². The first-order chi connectivity index (χ1) is 12.2. The van der Waals surface area contributed by atoms with Gasteiger partial charge in [-0.15, -0.1) is 0 Å². The SMILES string of the molecule is O=C(O)C1CCC(n2ccnc2-c2coc(-c3ccccc3)n2)CC1. The van der Waals surface area contributed by atoms with Crippen LogP contribution in [-0.2, 0) is 4.79 Å². The second kappa shape index (κ2) is 6.55. The van der Waals surface area contributed by atoms with Gasteiger partial charge in [-0.25, -0.2) is 9.97 Å². The summed E-state index contributed by atoms with van der Waals surface area (Å²) in [5, 5.41) is 9.16. The Morgan fingerprint density at radius 3 is 2.64 bits per heavy atom. The van der Waals surface area contributed by atoms with E-state index in [-0.39, 0.29) is 12.0 Å². The molecule has 1 N–H and O–H groups in total. The molecule has 2 aromatic heterocycles. The van der Waals surface area contributed by atoms with Crippen LogP contribution in [0.5, 0.6) is 0 Å². The predicted molar refractivity (Wildman–Crippen MR) is 91.8 cm³/mol. The molecule has 1 aromatic carbocycles. The summed E-state index contributed by atoms with van der Waals surface area (Å²) in [6.45, 7) is 0. The Bertz CT molecular complexity index is 861. The minimum atomic E-state index is -0.687. The molecule has 0 radical (unpaired) electrons. The number of aliphatic carboxylic acids is 1. The number of carboxylic acid groups (broad SMARTS) is 1. The maximum absolute atomic E-state index is 11.1. The molecule has 0 aliphatic heterocycles. The molecule has 0 unspecified atom stereocenters. The molecule has 1 aliphatic carbocycles. The van der Waals surface area contributed by atoms with E-state index in [0.29, 0.717) is 24.4 Å². The van der Waals surface area contributed by atoms with Crippen molar-refractivity contribution in [3.63, 3.8) is 0 Å². The first-order valence-corrected chi connectivity index (χ1v) is 8.49. The van der Waals surface area contributed by atoms with Crippen LogP contribution in [0.15, 0.2) is 53.4 Å². The average molecular weight is 337 g/mol. The van der Waals surface area contributed by atoms with Crippen molar-refractivity contribution in [3.05, 3.63) is 49.0 Å². The zero-order valence-electron chi connectivity index (χ0n) is 13.7. The van der Waals surface area contributed by atoms with E-state index in [1.807, 2.05) is 36.5 Å². The second-order valence-corrected chi connectivity index (χ2v) is 6.41. The molecule has 2 heterocycles. The van der Waals surface area contributed by atoms with Crippen LogP contribution >= 0.6 is 0 Å². The molecule has 1 fully saturated rings. The Labute approximate surface area is 145 Å². The fourth-order valence-electron chi connectivity index (χ4n) is 3.50. The number of carbonyl (C=O) groups is 1. The number of aromatic nitrogens is 3. The molecule has 3 aromatic rings. The van der Waals surface area contributed by atoms with Crippen molar-refractivity contribution in [1.29, 1.82) is 0 Å². The van der Waals surface area contributed by atoms with Crippen molar-refractivity contribution >= 4 is 5.97 Å². The zero-order chi connectivity index (χ0) is 17.2. The number of hydrogen-bond acceptors (Lipinski definition) is 4. The van der Waals surface area contributed by atoms with E-state index in [1.165, 1.54) is 0 Å².